The van der Waals surface area contributed by atoms with E-state index in [0.717, 1.165) is 16.7 Å². The highest BCUT2D eigenvalue weighted by Gasteiger charge is 2.55. The quantitative estimate of drug-likeness (QED) is 0.518. The average molecular weight is 457 g/mol. The molecule has 2 bridgehead atoms. The molecule has 3 amide bonds. The summed E-state index contributed by atoms with van der Waals surface area (Å²) >= 11 is 0. The normalized spacial score (nSPS) is 21.0. The molecule has 2 aliphatic rings. The second-order valence-electron chi connectivity index (χ2n) is 9.09. The van der Waals surface area contributed by atoms with Crippen LogP contribution in [0.2, 0.25) is 0 Å². The summed E-state index contributed by atoms with van der Waals surface area (Å²) in [6, 6.07) is 22.2. The maximum absolute atomic E-state index is 13.9. The molecule has 2 heterocycles. The zero-order valence-corrected chi connectivity index (χ0v) is 19.7. The minimum Gasteiger partial charge on any atom is -0.493 e. The summed E-state index contributed by atoms with van der Waals surface area (Å²) in [6.45, 7) is 4.32. The van der Waals surface area contributed by atoms with Crippen molar-refractivity contribution in [2.75, 3.05) is 13.7 Å². The van der Waals surface area contributed by atoms with Gasteiger partial charge in [-0.25, -0.2) is 4.79 Å². The second kappa shape index (κ2) is 8.52. The Morgan fingerprint density at radius 3 is 2.50 bits per heavy atom. The maximum Gasteiger partial charge on any atom is 0.330 e. The summed E-state index contributed by atoms with van der Waals surface area (Å²) < 4.78 is 12.1. The van der Waals surface area contributed by atoms with E-state index >= 15 is 0 Å². The number of ether oxygens (including phenoxy) is 2. The molecule has 0 aromatic heterocycles. The topological polar surface area (TPSA) is 59.1 Å². The smallest absolute Gasteiger partial charge is 0.330 e. The summed E-state index contributed by atoms with van der Waals surface area (Å²) in [7, 11) is 1.60. The lowest BCUT2D eigenvalue weighted by Crippen LogP contribution is -2.66. The van der Waals surface area contributed by atoms with Gasteiger partial charge in [0.25, 0.3) is 5.91 Å². The Balaban J connectivity index is 1.57. The molecule has 3 aromatic carbocycles. The van der Waals surface area contributed by atoms with E-state index in [4.69, 9.17) is 9.47 Å². The minimum atomic E-state index is -0.901. The second-order valence-corrected chi connectivity index (χ2v) is 9.09. The number of carbonyl (C=O) groups excluding carboxylic acids is 2. The molecule has 6 heteroatoms. The minimum absolute atomic E-state index is 0.308. The Morgan fingerprint density at radius 1 is 1.06 bits per heavy atom. The first-order chi connectivity index (χ1) is 16.4. The molecule has 0 N–H and O–H groups in total. The number of aryl methyl sites for hydroxylation is 1. The number of para-hydroxylation sites is 1. The van der Waals surface area contributed by atoms with Crippen molar-refractivity contribution in [2.45, 2.75) is 38.5 Å². The van der Waals surface area contributed by atoms with Gasteiger partial charge in [0.05, 0.1) is 13.2 Å². The fourth-order valence-electron chi connectivity index (χ4n) is 4.94. The predicted molar refractivity (Wildman–Crippen MR) is 129 cm³/mol. The van der Waals surface area contributed by atoms with E-state index < -0.39 is 11.8 Å². The summed E-state index contributed by atoms with van der Waals surface area (Å²) in [4.78, 5) is 30.7. The molecule has 5 rings (SSSR count). The van der Waals surface area contributed by atoms with Crippen molar-refractivity contribution in [1.82, 2.24) is 9.80 Å². The van der Waals surface area contributed by atoms with Crippen LogP contribution in [0.3, 0.4) is 0 Å². The van der Waals surface area contributed by atoms with Crippen molar-refractivity contribution in [3.63, 3.8) is 0 Å². The van der Waals surface area contributed by atoms with E-state index in [9.17, 15) is 9.59 Å². The first kappa shape index (κ1) is 22.0. The summed E-state index contributed by atoms with van der Waals surface area (Å²) in [5, 5.41) is 0. The largest absolute Gasteiger partial charge is 0.493 e. The molecular weight excluding hydrogens is 428 g/mol. The van der Waals surface area contributed by atoms with Crippen molar-refractivity contribution in [2.24, 2.45) is 0 Å². The van der Waals surface area contributed by atoms with Gasteiger partial charge in [0.15, 0.2) is 17.2 Å². The van der Waals surface area contributed by atoms with E-state index in [0.29, 0.717) is 36.4 Å². The Kier molecular flexibility index (Phi) is 5.52. The van der Waals surface area contributed by atoms with Crippen molar-refractivity contribution < 1.29 is 19.1 Å². The van der Waals surface area contributed by atoms with Gasteiger partial charge in [0.2, 0.25) is 0 Å². The van der Waals surface area contributed by atoms with Gasteiger partial charge in [0, 0.05) is 24.1 Å². The van der Waals surface area contributed by atoms with Crippen LogP contribution in [-0.2, 0) is 6.42 Å². The van der Waals surface area contributed by atoms with Crippen molar-refractivity contribution >= 4 is 11.9 Å². The van der Waals surface area contributed by atoms with Gasteiger partial charge in [0.1, 0.15) is 0 Å². The highest BCUT2D eigenvalue weighted by molar-refractivity contribution is 6.05. The number of nitrogens with zero attached hydrogens (tertiary/aromatic N) is 2. The van der Waals surface area contributed by atoms with E-state index in [1.807, 2.05) is 74.5 Å². The maximum atomic E-state index is 13.9. The van der Waals surface area contributed by atoms with Crippen LogP contribution in [0.1, 0.15) is 46.4 Å². The van der Waals surface area contributed by atoms with Crippen molar-refractivity contribution in [1.29, 1.82) is 0 Å². The number of imide groups is 1. The molecule has 3 aromatic rings. The van der Waals surface area contributed by atoms with Crippen LogP contribution in [-0.4, -0.2) is 41.1 Å². The molecule has 1 fully saturated rings. The zero-order chi connectivity index (χ0) is 23.9. The highest BCUT2D eigenvalue weighted by atomic mass is 16.5. The highest BCUT2D eigenvalue weighted by Crippen LogP contribution is 2.51. The van der Waals surface area contributed by atoms with Crippen LogP contribution in [0.25, 0.3) is 0 Å². The van der Waals surface area contributed by atoms with Gasteiger partial charge in [-0.05, 0) is 44.0 Å². The van der Waals surface area contributed by atoms with Crippen LogP contribution in [0.5, 0.6) is 11.5 Å². The average Bonchev–Trinajstić information content (AvgIpc) is 2.84. The fourth-order valence-corrected chi connectivity index (χ4v) is 4.94. The molecule has 0 aliphatic carbocycles. The third kappa shape index (κ3) is 3.69. The lowest BCUT2D eigenvalue weighted by Gasteiger charge is -2.54. The Morgan fingerprint density at radius 2 is 1.79 bits per heavy atom. The monoisotopic (exact) mass is 456 g/mol. The van der Waals surface area contributed by atoms with Crippen molar-refractivity contribution in [3.05, 3.63) is 95.1 Å². The summed E-state index contributed by atoms with van der Waals surface area (Å²) in [6.07, 6.45) is 1.13. The molecule has 2 aliphatic heterocycles. The van der Waals surface area contributed by atoms with Crippen LogP contribution < -0.4 is 9.47 Å². The van der Waals surface area contributed by atoms with Crippen molar-refractivity contribution in [3.8, 4) is 11.5 Å². The number of urea groups is 1. The van der Waals surface area contributed by atoms with Gasteiger partial charge in [-0.3, -0.25) is 14.6 Å². The van der Waals surface area contributed by atoms with Gasteiger partial charge in [-0.15, -0.1) is 0 Å². The summed E-state index contributed by atoms with van der Waals surface area (Å²) in [5.41, 5.74) is 2.54. The Labute approximate surface area is 199 Å². The molecule has 0 unspecified atom stereocenters. The number of fused-ring (bicyclic) bond motifs is 4. The van der Waals surface area contributed by atoms with Gasteiger partial charge in [-0.2, -0.15) is 0 Å². The summed E-state index contributed by atoms with van der Waals surface area (Å²) in [5.74, 6) is 0.869. The first-order valence-corrected chi connectivity index (χ1v) is 11.5. The molecule has 0 radical (unpaired) electrons. The van der Waals surface area contributed by atoms with Crippen LogP contribution in [0, 0.1) is 6.92 Å². The van der Waals surface area contributed by atoms with E-state index in [-0.39, 0.29) is 11.9 Å². The lowest BCUT2D eigenvalue weighted by atomic mass is 9.88. The molecule has 0 saturated carbocycles. The van der Waals surface area contributed by atoms with Crippen LogP contribution in [0.15, 0.2) is 72.8 Å². The van der Waals surface area contributed by atoms with Gasteiger partial charge >= 0.3 is 6.03 Å². The van der Waals surface area contributed by atoms with Gasteiger partial charge < -0.3 is 9.47 Å². The molecule has 2 atom stereocenters. The molecule has 174 valence electrons. The molecule has 34 heavy (non-hydrogen) atoms. The Bertz CT molecular complexity index is 1220. The fraction of sp³-hybridized carbons (Fsp3) is 0.286. The molecule has 0 spiro atoms. The molecule has 1 saturated heterocycles. The number of benzene rings is 3. The number of carbonyl (C=O) groups is 2. The van der Waals surface area contributed by atoms with Crippen LogP contribution >= 0.6 is 0 Å². The lowest BCUT2D eigenvalue weighted by molar-refractivity contribution is -0.106. The standard InChI is InChI=1S/C28H28N2O4/c1-19-12-14-21(15-13-19)26(31)30-23-18-28(2,34-25-22(23)10-7-11-24(25)33-3)29(27(30)32)17-16-20-8-5-4-6-9-20/h4-15,23H,16-18H2,1-3H3/t23-,28+/m0/s1. The van der Waals surface area contributed by atoms with Crippen LogP contribution in [0.4, 0.5) is 4.79 Å². The molecular formula is C28H28N2O4. The SMILES string of the molecule is COc1cccc2c1O[C@]1(C)C[C@@H]2N(C(=O)c2ccc(C)cc2)C(=O)N1CCc1ccccc1. The van der Waals surface area contributed by atoms with Gasteiger partial charge in [-0.1, -0.05) is 60.2 Å². The third-order valence-corrected chi connectivity index (χ3v) is 6.79. The predicted octanol–water partition coefficient (Wildman–Crippen LogP) is 5.36. The van der Waals surface area contributed by atoms with E-state index in [1.54, 1.807) is 24.1 Å². The third-order valence-electron chi connectivity index (χ3n) is 6.79. The zero-order valence-electron chi connectivity index (χ0n) is 19.7. The number of hydrogen-bond donors (Lipinski definition) is 0. The number of methoxy groups -OCH3 is 1. The number of hydrogen-bond acceptors (Lipinski definition) is 4. The van der Waals surface area contributed by atoms with E-state index in [2.05, 4.69) is 0 Å². The first-order valence-electron chi connectivity index (χ1n) is 11.5. The molecule has 6 nitrogen and oxygen atoms in total. The number of amides is 3. The van der Waals surface area contributed by atoms with E-state index in [1.165, 1.54) is 4.90 Å². The Hall–Kier alpha value is -3.80. The number of rotatable bonds is 5.